The minimum Gasteiger partial charge on any atom is -0.365 e. The standard InChI is InChI=1S/C21H21ClN4O/c1-3-26(18-6-4-5-15(2)11-18)21(27)19-13-25-20(14-23-19)24-12-16-7-9-17(22)10-8-16/h4-11,13-14H,3,12H2,1-2H3,(H,24,25). The van der Waals surface area contributed by atoms with Crippen LogP contribution in [-0.2, 0) is 6.54 Å². The number of nitrogens with one attached hydrogen (secondary N) is 1. The van der Waals surface area contributed by atoms with Crippen LogP contribution < -0.4 is 10.2 Å². The highest BCUT2D eigenvalue weighted by Gasteiger charge is 2.18. The summed E-state index contributed by atoms with van der Waals surface area (Å²) in [6.07, 6.45) is 3.08. The van der Waals surface area contributed by atoms with Gasteiger partial charge in [0.05, 0.1) is 12.4 Å². The van der Waals surface area contributed by atoms with Gasteiger partial charge in [-0.05, 0) is 49.2 Å². The van der Waals surface area contributed by atoms with Gasteiger partial charge in [0, 0.05) is 23.8 Å². The van der Waals surface area contributed by atoms with Crippen molar-refractivity contribution in [2.45, 2.75) is 20.4 Å². The molecular weight excluding hydrogens is 360 g/mol. The molecular formula is C21H21ClN4O. The maximum atomic E-state index is 12.8. The lowest BCUT2D eigenvalue weighted by atomic mass is 10.2. The van der Waals surface area contributed by atoms with E-state index >= 15 is 0 Å². The molecule has 138 valence electrons. The molecule has 0 unspecified atom stereocenters. The number of nitrogens with zero attached hydrogens (tertiary/aromatic N) is 3. The van der Waals surface area contributed by atoms with Crippen LogP contribution >= 0.6 is 11.6 Å². The Morgan fingerprint density at radius 2 is 1.89 bits per heavy atom. The van der Waals surface area contributed by atoms with Gasteiger partial charge in [-0.15, -0.1) is 0 Å². The first-order chi connectivity index (χ1) is 13.1. The van der Waals surface area contributed by atoms with Crippen LogP contribution in [0.5, 0.6) is 0 Å². The van der Waals surface area contributed by atoms with Crippen LogP contribution in [-0.4, -0.2) is 22.4 Å². The quantitative estimate of drug-likeness (QED) is 0.672. The summed E-state index contributed by atoms with van der Waals surface area (Å²) in [5.74, 6) is 0.444. The molecule has 0 spiro atoms. The Balaban J connectivity index is 1.68. The Bertz CT molecular complexity index is 910. The van der Waals surface area contributed by atoms with Gasteiger partial charge >= 0.3 is 0 Å². The number of anilines is 2. The summed E-state index contributed by atoms with van der Waals surface area (Å²) < 4.78 is 0. The summed E-state index contributed by atoms with van der Waals surface area (Å²) in [6.45, 7) is 5.10. The first kappa shape index (κ1) is 18.9. The Hall–Kier alpha value is -2.92. The van der Waals surface area contributed by atoms with Crippen LogP contribution in [0.15, 0.2) is 60.9 Å². The van der Waals surface area contributed by atoms with Gasteiger partial charge in [0.25, 0.3) is 5.91 Å². The molecule has 2 aromatic carbocycles. The summed E-state index contributed by atoms with van der Waals surface area (Å²) in [4.78, 5) is 23.1. The van der Waals surface area contributed by atoms with E-state index in [-0.39, 0.29) is 5.91 Å². The molecule has 5 nitrogen and oxygen atoms in total. The maximum Gasteiger partial charge on any atom is 0.278 e. The molecule has 0 saturated carbocycles. The molecule has 1 N–H and O–H groups in total. The maximum absolute atomic E-state index is 12.8. The lowest BCUT2D eigenvalue weighted by Gasteiger charge is -2.21. The SMILES string of the molecule is CCN(C(=O)c1cnc(NCc2ccc(Cl)cc2)cn1)c1cccc(C)c1. The van der Waals surface area contributed by atoms with Crippen molar-refractivity contribution >= 4 is 29.0 Å². The highest BCUT2D eigenvalue weighted by molar-refractivity contribution is 6.30. The molecule has 0 aliphatic carbocycles. The normalized spacial score (nSPS) is 10.5. The summed E-state index contributed by atoms with van der Waals surface area (Å²) >= 11 is 5.89. The highest BCUT2D eigenvalue weighted by atomic mass is 35.5. The number of halogens is 1. The van der Waals surface area contributed by atoms with Crippen molar-refractivity contribution in [1.82, 2.24) is 9.97 Å². The van der Waals surface area contributed by atoms with E-state index in [2.05, 4.69) is 15.3 Å². The molecule has 6 heteroatoms. The van der Waals surface area contributed by atoms with E-state index in [1.165, 1.54) is 6.20 Å². The van der Waals surface area contributed by atoms with E-state index in [0.29, 0.717) is 29.6 Å². The van der Waals surface area contributed by atoms with Gasteiger partial charge in [0.1, 0.15) is 11.5 Å². The number of amides is 1. The third-order valence-electron chi connectivity index (χ3n) is 4.13. The van der Waals surface area contributed by atoms with Gasteiger partial charge in [0.15, 0.2) is 0 Å². The number of benzene rings is 2. The third kappa shape index (κ3) is 4.83. The number of aromatic nitrogens is 2. The zero-order chi connectivity index (χ0) is 19.2. The molecule has 0 radical (unpaired) electrons. The van der Waals surface area contributed by atoms with Gasteiger partial charge in [-0.1, -0.05) is 35.9 Å². The number of hydrogen-bond acceptors (Lipinski definition) is 4. The van der Waals surface area contributed by atoms with E-state index < -0.39 is 0 Å². The average molecular weight is 381 g/mol. The Morgan fingerprint density at radius 3 is 2.52 bits per heavy atom. The number of carbonyl (C=O) groups is 1. The predicted octanol–water partition coefficient (Wildman–Crippen LogP) is 4.72. The molecule has 0 atom stereocenters. The monoisotopic (exact) mass is 380 g/mol. The van der Waals surface area contributed by atoms with E-state index in [1.807, 2.05) is 62.4 Å². The average Bonchev–Trinajstić information content (AvgIpc) is 2.68. The minimum absolute atomic E-state index is 0.167. The molecule has 1 amide bonds. The highest BCUT2D eigenvalue weighted by Crippen LogP contribution is 2.18. The van der Waals surface area contributed by atoms with Crippen LogP contribution in [0, 0.1) is 6.92 Å². The Kier molecular flexibility index (Phi) is 6.04. The van der Waals surface area contributed by atoms with Crippen LogP contribution in [0.3, 0.4) is 0 Å². The van der Waals surface area contributed by atoms with Crippen molar-refractivity contribution in [2.75, 3.05) is 16.8 Å². The number of hydrogen-bond donors (Lipinski definition) is 1. The van der Waals surface area contributed by atoms with Crippen molar-refractivity contribution in [1.29, 1.82) is 0 Å². The Morgan fingerprint density at radius 1 is 1.11 bits per heavy atom. The van der Waals surface area contributed by atoms with Crippen LogP contribution in [0.2, 0.25) is 5.02 Å². The fourth-order valence-corrected chi connectivity index (χ4v) is 2.83. The molecule has 0 aliphatic rings. The summed E-state index contributed by atoms with van der Waals surface area (Å²) in [7, 11) is 0. The van der Waals surface area contributed by atoms with Crippen molar-refractivity contribution in [3.63, 3.8) is 0 Å². The zero-order valence-electron chi connectivity index (χ0n) is 15.3. The Labute approximate surface area is 164 Å². The van der Waals surface area contributed by atoms with Gasteiger partial charge < -0.3 is 10.2 Å². The molecule has 0 aliphatic heterocycles. The first-order valence-corrected chi connectivity index (χ1v) is 9.13. The molecule has 3 aromatic rings. The third-order valence-corrected chi connectivity index (χ3v) is 4.38. The van der Waals surface area contributed by atoms with Gasteiger partial charge in [-0.25, -0.2) is 9.97 Å². The van der Waals surface area contributed by atoms with Gasteiger partial charge in [-0.3, -0.25) is 4.79 Å². The molecule has 0 fully saturated rings. The first-order valence-electron chi connectivity index (χ1n) is 8.75. The van der Waals surface area contributed by atoms with Crippen LogP contribution in [0.25, 0.3) is 0 Å². The number of rotatable bonds is 6. The van der Waals surface area contributed by atoms with Crippen LogP contribution in [0.1, 0.15) is 28.5 Å². The summed E-state index contributed by atoms with van der Waals surface area (Å²) in [5.41, 5.74) is 3.36. The molecule has 27 heavy (non-hydrogen) atoms. The van der Waals surface area contributed by atoms with Crippen molar-refractivity contribution in [2.24, 2.45) is 0 Å². The van der Waals surface area contributed by atoms with Gasteiger partial charge in [-0.2, -0.15) is 0 Å². The zero-order valence-corrected chi connectivity index (χ0v) is 16.1. The van der Waals surface area contributed by atoms with Crippen LogP contribution in [0.4, 0.5) is 11.5 Å². The van der Waals surface area contributed by atoms with Gasteiger partial charge in [0.2, 0.25) is 0 Å². The molecule has 1 aromatic heterocycles. The molecule has 3 rings (SSSR count). The molecule has 0 saturated heterocycles. The van der Waals surface area contributed by atoms with Crippen molar-refractivity contribution in [3.8, 4) is 0 Å². The second-order valence-electron chi connectivity index (χ2n) is 6.16. The second-order valence-corrected chi connectivity index (χ2v) is 6.59. The fourth-order valence-electron chi connectivity index (χ4n) is 2.70. The molecule has 0 bridgehead atoms. The summed E-state index contributed by atoms with van der Waals surface area (Å²) in [6, 6.07) is 15.4. The van der Waals surface area contributed by atoms with E-state index in [1.54, 1.807) is 11.1 Å². The lowest BCUT2D eigenvalue weighted by molar-refractivity contribution is 0.0983. The minimum atomic E-state index is -0.167. The van der Waals surface area contributed by atoms with E-state index in [9.17, 15) is 4.79 Å². The summed E-state index contributed by atoms with van der Waals surface area (Å²) in [5, 5.41) is 3.89. The fraction of sp³-hybridized carbons (Fsp3) is 0.190. The van der Waals surface area contributed by atoms with E-state index in [4.69, 9.17) is 11.6 Å². The van der Waals surface area contributed by atoms with Crippen molar-refractivity contribution < 1.29 is 4.79 Å². The number of aryl methyl sites for hydroxylation is 1. The molecule has 1 heterocycles. The smallest absolute Gasteiger partial charge is 0.278 e. The predicted molar refractivity (Wildman–Crippen MR) is 109 cm³/mol. The topological polar surface area (TPSA) is 58.1 Å². The number of carbonyl (C=O) groups excluding carboxylic acids is 1. The lowest BCUT2D eigenvalue weighted by Crippen LogP contribution is -2.31. The van der Waals surface area contributed by atoms with E-state index in [0.717, 1.165) is 16.8 Å². The largest absolute Gasteiger partial charge is 0.365 e. The van der Waals surface area contributed by atoms with Crippen molar-refractivity contribution in [3.05, 3.63) is 82.8 Å². The second kappa shape index (κ2) is 8.64.